The summed E-state index contributed by atoms with van der Waals surface area (Å²) in [5, 5.41) is 11.3. The third-order valence-electron chi connectivity index (χ3n) is 3.63. The Kier molecular flexibility index (Phi) is 5.75. The van der Waals surface area contributed by atoms with E-state index in [0.29, 0.717) is 0 Å². The molecule has 0 saturated heterocycles. The molecule has 2 nitrogen and oxygen atoms in total. The van der Waals surface area contributed by atoms with Crippen molar-refractivity contribution in [2.75, 3.05) is 0 Å². The molecular formula is C17H22ClNO. The van der Waals surface area contributed by atoms with Crippen molar-refractivity contribution in [2.45, 2.75) is 25.5 Å². The first kappa shape index (κ1) is 16.7. The lowest BCUT2D eigenvalue weighted by Gasteiger charge is -2.37. The van der Waals surface area contributed by atoms with Crippen molar-refractivity contribution in [1.29, 1.82) is 0 Å². The lowest BCUT2D eigenvalue weighted by atomic mass is 9.76. The molecule has 2 rings (SSSR count). The predicted octanol–water partition coefficient (Wildman–Crippen LogP) is 3.33. The average Bonchev–Trinajstić information content (AvgIpc) is 2.47. The zero-order valence-electron chi connectivity index (χ0n) is 11.9. The highest BCUT2D eigenvalue weighted by molar-refractivity contribution is 5.85. The topological polar surface area (TPSA) is 46.2 Å². The minimum atomic E-state index is -1.16. The van der Waals surface area contributed by atoms with E-state index < -0.39 is 5.60 Å². The minimum absolute atomic E-state index is 0. The van der Waals surface area contributed by atoms with Crippen molar-refractivity contribution >= 4 is 12.4 Å². The maximum atomic E-state index is 11.3. The van der Waals surface area contributed by atoms with Gasteiger partial charge in [-0.2, -0.15) is 0 Å². The third-order valence-corrected chi connectivity index (χ3v) is 3.63. The molecule has 108 valence electrons. The maximum absolute atomic E-state index is 11.3. The van der Waals surface area contributed by atoms with Crippen LogP contribution in [0.2, 0.25) is 0 Å². The second kappa shape index (κ2) is 6.89. The molecule has 0 saturated carbocycles. The van der Waals surface area contributed by atoms with E-state index in [4.69, 9.17) is 5.73 Å². The van der Waals surface area contributed by atoms with Crippen molar-refractivity contribution in [3.63, 3.8) is 0 Å². The summed E-state index contributed by atoms with van der Waals surface area (Å²) in [6.45, 7) is 4.06. The van der Waals surface area contributed by atoms with Gasteiger partial charge in [0.05, 0.1) is 0 Å². The molecule has 0 aromatic heterocycles. The summed E-state index contributed by atoms with van der Waals surface area (Å²) in [5.74, 6) is 0.172. The summed E-state index contributed by atoms with van der Waals surface area (Å²) in [6, 6.07) is 18.9. The van der Waals surface area contributed by atoms with Gasteiger partial charge in [-0.25, -0.2) is 0 Å². The summed E-state index contributed by atoms with van der Waals surface area (Å²) >= 11 is 0. The Hall–Kier alpha value is -1.35. The van der Waals surface area contributed by atoms with Gasteiger partial charge in [-0.3, -0.25) is 0 Å². The Labute approximate surface area is 127 Å². The van der Waals surface area contributed by atoms with Gasteiger partial charge < -0.3 is 10.8 Å². The van der Waals surface area contributed by atoms with Gasteiger partial charge in [0.2, 0.25) is 0 Å². The van der Waals surface area contributed by atoms with Crippen molar-refractivity contribution in [3.8, 4) is 0 Å². The fraction of sp³-hybridized carbons (Fsp3) is 0.294. The largest absolute Gasteiger partial charge is 0.379 e. The van der Waals surface area contributed by atoms with Gasteiger partial charge in [0.15, 0.2) is 0 Å². The molecule has 0 aliphatic rings. The number of aliphatic hydroxyl groups is 1. The fourth-order valence-corrected chi connectivity index (χ4v) is 2.42. The predicted molar refractivity (Wildman–Crippen MR) is 85.9 cm³/mol. The molecule has 0 spiro atoms. The van der Waals surface area contributed by atoms with Crippen LogP contribution in [0, 0.1) is 5.92 Å². The molecule has 0 radical (unpaired) electrons. The molecule has 3 heteroatoms. The van der Waals surface area contributed by atoms with Crippen molar-refractivity contribution in [1.82, 2.24) is 0 Å². The minimum Gasteiger partial charge on any atom is -0.379 e. The second-order valence-electron chi connectivity index (χ2n) is 5.27. The smallest absolute Gasteiger partial charge is 0.130 e. The molecular weight excluding hydrogens is 270 g/mol. The van der Waals surface area contributed by atoms with Crippen LogP contribution < -0.4 is 5.73 Å². The molecule has 20 heavy (non-hydrogen) atoms. The Morgan fingerprint density at radius 1 is 0.850 bits per heavy atom. The lowest BCUT2D eigenvalue weighted by molar-refractivity contribution is 0.0353. The van der Waals surface area contributed by atoms with Gasteiger partial charge >= 0.3 is 0 Å². The van der Waals surface area contributed by atoms with Crippen molar-refractivity contribution < 1.29 is 5.11 Å². The van der Waals surface area contributed by atoms with Crippen LogP contribution in [0.4, 0.5) is 0 Å². The Morgan fingerprint density at radius 2 is 1.20 bits per heavy atom. The first-order valence-electron chi connectivity index (χ1n) is 6.66. The number of nitrogens with two attached hydrogens (primary N) is 1. The number of benzene rings is 2. The molecule has 0 bridgehead atoms. The van der Waals surface area contributed by atoms with Crippen LogP contribution in [0.25, 0.3) is 0 Å². The van der Waals surface area contributed by atoms with Gasteiger partial charge in [-0.05, 0) is 17.0 Å². The molecule has 0 aliphatic carbocycles. The van der Waals surface area contributed by atoms with Gasteiger partial charge in [-0.15, -0.1) is 12.4 Å². The van der Waals surface area contributed by atoms with E-state index in [9.17, 15) is 5.11 Å². The highest BCUT2D eigenvalue weighted by Crippen LogP contribution is 2.34. The Balaban J connectivity index is 0.00000200. The number of hydrogen-bond acceptors (Lipinski definition) is 2. The summed E-state index contributed by atoms with van der Waals surface area (Å²) in [4.78, 5) is 0. The van der Waals surface area contributed by atoms with E-state index in [1.807, 2.05) is 74.5 Å². The highest BCUT2D eigenvalue weighted by atomic mass is 35.5. The quantitative estimate of drug-likeness (QED) is 0.908. The van der Waals surface area contributed by atoms with Gasteiger partial charge in [0, 0.05) is 6.04 Å². The number of hydrogen-bond donors (Lipinski definition) is 2. The fourth-order valence-electron chi connectivity index (χ4n) is 2.42. The van der Waals surface area contributed by atoms with E-state index in [-0.39, 0.29) is 24.4 Å². The normalized spacial score (nSPS) is 12.8. The van der Waals surface area contributed by atoms with E-state index in [2.05, 4.69) is 0 Å². The molecule has 0 heterocycles. The maximum Gasteiger partial charge on any atom is 0.130 e. The Morgan fingerprint density at radius 3 is 1.50 bits per heavy atom. The van der Waals surface area contributed by atoms with Crippen LogP contribution in [-0.2, 0) is 5.60 Å². The summed E-state index contributed by atoms with van der Waals surface area (Å²) in [7, 11) is 0. The number of rotatable bonds is 4. The second-order valence-corrected chi connectivity index (χ2v) is 5.27. The van der Waals surface area contributed by atoms with Crippen LogP contribution in [0.3, 0.4) is 0 Å². The van der Waals surface area contributed by atoms with E-state index in [1.165, 1.54) is 0 Å². The summed E-state index contributed by atoms with van der Waals surface area (Å²) in [6.07, 6.45) is 0. The Bertz CT molecular complexity index is 474. The van der Waals surface area contributed by atoms with Gasteiger partial charge in [-0.1, -0.05) is 74.5 Å². The zero-order valence-corrected chi connectivity index (χ0v) is 12.7. The van der Waals surface area contributed by atoms with Crippen LogP contribution in [0.5, 0.6) is 0 Å². The van der Waals surface area contributed by atoms with E-state index in [0.717, 1.165) is 11.1 Å². The zero-order chi connectivity index (χ0) is 13.9. The van der Waals surface area contributed by atoms with Crippen LogP contribution in [0.1, 0.15) is 25.0 Å². The van der Waals surface area contributed by atoms with Gasteiger partial charge in [0.25, 0.3) is 0 Å². The lowest BCUT2D eigenvalue weighted by Crippen LogP contribution is -2.49. The van der Waals surface area contributed by atoms with E-state index >= 15 is 0 Å². The summed E-state index contributed by atoms with van der Waals surface area (Å²) < 4.78 is 0. The van der Waals surface area contributed by atoms with Crippen molar-refractivity contribution in [2.24, 2.45) is 11.7 Å². The first-order chi connectivity index (χ1) is 9.06. The first-order valence-corrected chi connectivity index (χ1v) is 6.66. The molecule has 0 aliphatic heterocycles. The number of halogens is 1. The molecule has 2 aromatic rings. The van der Waals surface area contributed by atoms with Crippen LogP contribution in [0.15, 0.2) is 60.7 Å². The van der Waals surface area contributed by atoms with Gasteiger partial charge in [0.1, 0.15) is 5.60 Å². The molecule has 3 N–H and O–H groups in total. The highest BCUT2D eigenvalue weighted by Gasteiger charge is 2.39. The third kappa shape index (κ3) is 3.04. The molecule has 1 atom stereocenters. The average molecular weight is 292 g/mol. The molecule has 0 amide bonds. The summed E-state index contributed by atoms with van der Waals surface area (Å²) in [5.41, 5.74) is 6.82. The van der Waals surface area contributed by atoms with Crippen LogP contribution in [-0.4, -0.2) is 11.1 Å². The van der Waals surface area contributed by atoms with Crippen molar-refractivity contribution in [3.05, 3.63) is 71.8 Å². The molecule has 2 aromatic carbocycles. The molecule has 0 fully saturated rings. The van der Waals surface area contributed by atoms with E-state index in [1.54, 1.807) is 0 Å². The molecule has 0 unspecified atom stereocenters. The SMILES string of the molecule is CC(C)[C@@H](N)C(O)(c1ccccc1)c1ccccc1.Cl. The standard InChI is InChI=1S/C17H21NO.ClH/c1-13(2)16(18)17(19,14-9-5-3-6-10-14)15-11-7-4-8-12-15;/h3-13,16,19H,18H2,1-2H3;1H/t16-;/m1./s1. The van der Waals surface area contributed by atoms with Crippen LogP contribution >= 0.6 is 12.4 Å². The monoisotopic (exact) mass is 291 g/mol.